The van der Waals surface area contributed by atoms with Crippen LogP contribution in [0, 0.1) is 23.7 Å². The number of imide groups is 2. The van der Waals surface area contributed by atoms with Gasteiger partial charge in [-0.3, -0.25) is 19.2 Å². The number of aliphatic hydroxyl groups excluding tert-OH is 2. The number of aliphatic hydroxyl groups is 2. The molecule has 0 saturated carbocycles. The van der Waals surface area contributed by atoms with Gasteiger partial charge in [-0.05, 0) is 47.5 Å². The van der Waals surface area contributed by atoms with Gasteiger partial charge in [-0.1, -0.05) is 24.3 Å². The Balaban J connectivity index is 0.000000152. The van der Waals surface area contributed by atoms with Crippen molar-refractivity contribution in [2.45, 2.75) is 36.8 Å². The first kappa shape index (κ1) is 32.2. The van der Waals surface area contributed by atoms with Crippen molar-refractivity contribution in [2.24, 2.45) is 23.7 Å². The maximum absolute atomic E-state index is 12.9. The number of alkyl halides is 6. The SMILES string of the molecule is O=C1[C@@H]2C3C=C(CO)C(O3)[C@@H]2C(=O)N1c1cccc(C(F)(F)F)c1.O=C1[C@@H]2C3OC(C=C3CO)[C@@H]2C(=O)N1c1cccc(C(F)(F)F)c1. The van der Waals surface area contributed by atoms with E-state index in [1.54, 1.807) is 12.2 Å². The smallest absolute Gasteiger partial charge is 0.392 e. The van der Waals surface area contributed by atoms with E-state index in [-0.39, 0.29) is 24.6 Å². The van der Waals surface area contributed by atoms with Crippen LogP contribution in [0.5, 0.6) is 0 Å². The summed E-state index contributed by atoms with van der Waals surface area (Å²) in [6, 6.07) is 8.27. The molecule has 48 heavy (non-hydrogen) atoms. The molecule has 0 spiro atoms. The zero-order chi connectivity index (χ0) is 34.4. The number of benzene rings is 2. The molecule has 2 aromatic rings. The minimum Gasteiger partial charge on any atom is -0.392 e. The van der Waals surface area contributed by atoms with Crippen molar-refractivity contribution < 1.29 is 65.2 Å². The summed E-state index contributed by atoms with van der Waals surface area (Å²) in [5.41, 5.74) is -0.975. The van der Waals surface area contributed by atoms with Crippen LogP contribution in [0.15, 0.2) is 71.8 Å². The van der Waals surface area contributed by atoms with Crippen LogP contribution >= 0.6 is 0 Å². The van der Waals surface area contributed by atoms with E-state index >= 15 is 0 Å². The Labute approximate surface area is 266 Å². The van der Waals surface area contributed by atoms with E-state index in [0.717, 1.165) is 46.2 Å². The molecule has 2 N–H and O–H groups in total. The third-order valence-electron chi connectivity index (χ3n) is 9.48. The average molecular weight is 679 g/mol. The zero-order valence-electron chi connectivity index (χ0n) is 24.3. The molecule has 4 saturated heterocycles. The van der Waals surface area contributed by atoms with Crippen LogP contribution in [0.1, 0.15) is 11.1 Å². The van der Waals surface area contributed by atoms with Gasteiger partial charge in [-0.15, -0.1) is 0 Å². The topological polar surface area (TPSA) is 134 Å². The van der Waals surface area contributed by atoms with Crippen LogP contribution in [0.4, 0.5) is 37.7 Å². The maximum Gasteiger partial charge on any atom is 0.416 e. The summed E-state index contributed by atoms with van der Waals surface area (Å²) in [6.45, 7) is -0.565. The molecule has 252 valence electrons. The molecule has 4 unspecified atom stereocenters. The standard InChI is InChI=1S/2C16H12F3NO4/c2*17-16(18,19)8-2-1-3-9(5-8)20-14(22)11-10-4-7(6-21)13(24-10)12(11)15(20)23/h2*1-5,10-13,21H,6H2/t2*10?,11-,12-,13?/m10/s1. The Kier molecular flexibility index (Phi) is 7.43. The fourth-order valence-electron chi connectivity index (χ4n) is 7.40. The summed E-state index contributed by atoms with van der Waals surface area (Å²) in [4.78, 5) is 52.1. The molecule has 6 aliphatic rings. The Hall–Kier alpha value is -4.38. The lowest BCUT2D eigenvalue weighted by Crippen LogP contribution is -2.35. The summed E-state index contributed by atoms with van der Waals surface area (Å²) in [5, 5.41) is 18.6. The molecular formula is C32H24F6N2O8. The Bertz CT molecular complexity index is 1680. The van der Waals surface area contributed by atoms with Crippen LogP contribution in [0.25, 0.3) is 0 Å². The summed E-state index contributed by atoms with van der Waals surface area (Å²) in [7, 11) is 0. The zero-order valence-corrected chi connectivity index (χ0v) is 24.3. The molecule has 8 atom stereocenters. The second-order valence-corrected chi connectivity index (χ2v) is 12.1. The second kappa shape index (κ2) is 11.1. The first-order chi connectivity index (χ1) is 22.6. The number of carbonyl (C=O) groups is 4. The van der Waals surface area contributed by atoms with Gasteiger partial charge in [0.2, 0.25) is 23.6 Å². The highest BCUT2D eigenvalue weighted by molar-refractivity contribution is 6.24. The van der Waals surface area contributed by atoms with E-state index < -0.39 is 95.2 Å². The quantitative estimate of drug-likeness (QED) is 0.287. The monoisotopic (exact) mass is 678 g/mol. The summed E-state index contributed by atoms with van der Waals surface area (Å²) >= 11 is 0. The van der Waals surface area contributed by atoms with Gasteiger partial charge in [0, 0.05) is 0 Å². The first-order valence-corrected chi connectivity index (χ1v) is 14.7. The number of halogens is 6. The van der Waals surface area contributed by atoms with Gasteiger partial charge >= 0.3 is 12.4 Å². The van der Waals surface area contributed by atoms with Crippen LogP contribution in [0.2, 0.25) is 0 Å². The Morgan fingerprint density at radius 1 is 0.583 bits per heavy atom. The van der Waals surface area contributed by atoms with E-state index in [1.165, 1.54) is 12.1 Å². The predicted molar refractivity (Wildman–Crippen MR) is 149 cm³/mol. The van der Waals surface area contributed by atoms with Gasteiger partial charge in [-0.2, -0.15) is 26.3 Å². The highest BCUT2D eigenvalue weighted by Gasteiger charge is 2.64. The number of hydrogen-bond acceptors (Lipinski definition) is 8. The molecule has 2 aromatic carbocycles. The molecule has 6 aliphatic heterocycles. The lowest BCUT2D eigenvalue weighted by molar-refractivity contribution is -0.138. The van der Waals surface area contributed by atoms with Gasteiger partial charge in [0.15, 0.2) is 0 Å². The number of nitrogens with zero attached hydrogens (tertiary/aromatic N) is 2. The molecule has 6 heterocycles. The van der Waals surface area contributed by atoms with Crippen LogP contribution in [-0.4, -0.2) is 71.5 Å². The third-order valence-corrected chi connectivity index (χ3v) is 9.48. The molecule has 0 aromatic heterocycles. The van der Waals surface area contributed by atoms with Gasteiger partial charge in [0.05, 0.1) is 83.8 Å². The predicted octanol–water partition coefficient (Wildman–Crippen LogP) is 3.02. The number of carbonyl (C=O) groups excluding carboxylic acids is 4. The molecule has 0 aliphatic carbocycles. The molecule has 10 nitrogen and oxygen atoms in total. The minimum absolute atomic E-state index is 0.0980. The van der Waals surface area contributed by atoms with Crippen LogP contribution in [0.3, 0.4) is 0 Å². The number of anilines is 2. The number of fused-ring (bicyclic) bond motifs is 10. The molecular weight excluding hydrogens is 654 g/mol. The van der Waals surface area contributed by atoms with E-state index in [9.17, 15) is 55.7 Å². The minimum atomic E-state index is -4.56. The maximum atomic E-state index is 12.9. The number of amides is 4. The van der Waals surface area contributed by atoms with Crippen molar-refractivity contribution in [3.05, 3.63) is 83.0 Å². The molecule has 0 radical (unpaired) electrons. The van der Waals surface area contributed by atoms with Crippen molar-refractivity contribution in [2.75, 3.05) is 23.0 Å². The van der Waals surface area contributed by atoms with Crippen LogP contribution in [-0.2, 0) is 41.0 Å². The highest BCUT2D eigenvalue weighted by atomic mass is 19.4. The summed E-state index contributed by atoms with van der Waals surface area (Å²) < 4.78 is 88.3. The van der Waals surface area contributed by atoms with Crippen molar-refractivity contribution >= 4 is 35.0 Å². The van der Waals surface area contributed by atoms with E-state index in [1.807, 2.05) is 0 Å². The van der Waals surface area contributed by atoms with Crippen LogP contribution < -0.4 is 9.80 Å². The Morgan fingerprint density at radius 2 is 0.938 bits per heavy atom. The summed E-state index contributed by atoms with van der Waals surface area (Å²) in [5.74, 6) is -5.37. The normalized spacial score (nSPS) is 31.7. The van der Waals surface area contributed by atoms with Crippen molar-refractivity contribution in [1.82, 2.24) is 0 Å². The lowest BCUT2D eigenvalue weighted by atomic mass is 9.81. The first-order valence-electron chi connectivity index (χ1n) is 14.7. The Morgan fingerprint density at radius 3 is 1.27 bits per heavy atom. The molecule has 4 amide bonds. The van der Waals surface area contributed by atoms with E-state index in [2.05, 4.69) is 0 Å². The summed E-state index contributed by atoms with van der Waals surface area (Å²) in [6.07, 6.45) is -8.49. The number of hydrogen-bond donors (Lipinski definition) is 2. The van der Waals surface area contributed by atoms with Gasteiger partial charge in [0.1, 0.15) is 0 Å². The fraction of sp³-hybridized carbons (Fsp3) is 0.375. The van der Waals surface area contributed by atoms with E-state index in [0.29, 0.717) is 11.1 Å². The van der Waals surface area contributed by atoms with Crippen molar-refractivity contribution in [3.8, 4) is 0 Å². The molecule has 8 rings (SSSR count). The third kappa shape index (κ3) is 4.80. The largest absolute Gasteiger partial charge is 0.416 e. The number of rotatable bonds is 4. The average Bonchev–Trinajstić information content (AvgIpc) is 3.88. The van der Waals surface area contributed by atoms with E-state index in [4.69, 9.17) is 9.47 Å². The lowest BCUT2D eigenvalue weighted by Gasteiger charge is -2.19. The fourth-order valence-corrected chi connectivity index (χ4v) is 7.40. The molecule has 16 heteroatoms. The van der Waals surface area contributed by atoms with Gasteiger partial charge < -0.3 is 19.7 Å². The number of ether oxygens (including phenoxy) is 2. The molecule has 4 fully saturated rings. The van der Waals surface area contributed by atoms with Crippen molar-refractivity contribution in [3.63, 3.8) is 0 Å². The molecule has 4 bridgehead atoms. The second-order valence-electron chi connectivity index (χ2n) is 12.1. The van der Waals surface area contributed by atoms with Crippen molar-refractivity contribution in [1.29, 1.82) is 0 Å². The highest BCUT2D eigenvalue weighted by Crippen LogP contribution is 2.50. The van der Waals surface area contributed by atoms with Gasteiger partial charge in [-0.25, -0.2) is 9.80 Å². The van der Waals surface area contributed by atoms with Gasteiger partial charge in [0.25, 0.3) is 0 Å².